The smallest absolute Gasteiger partial charge is 0.306 e. The second-order valence-corrected chi connectivity index (χ2v) is 14.6. The molecule has 0 amide bonds. The van der Waals surface area contributed by atoms with Crippen molar-refractivity contribution in [2.75, 3.05) is 13.7 Å². The molecule has 2 saturated heterocycles. The molecule has 0 aromatic heterocycles. The van der Waals surface area contributed by atoms with Gasteiger partial charge in [0.2, 0.25) is 0 Å². The topological polar surface area (TPSA) is 108 Å². The maximum atomic E-state index is 14.3. The first-order valence-corrected chi connectivity index (χ1v) is 15.7. The molecule has 2 heterocycles. The van der Waals surface area contributed by atoms with Crippen LogP contribution in [-0.4, -0.2) is 60.6 Å². The number of methoxy groups -OCH3 is 1. The van der Waals surface area contributed by atoms with Gasteiger partial charge in [0.05, 0.1) is 32.7 Å². The Labute approximate surface area is 238 Å². The van der Waals surface area contributed by atoms with E-state index in [0.29, 0.717) is 18.9 Å². The zero-order chi connectivity index (χ0) is 28.6. The summed E-state index contributed by atoms with van der Waals surface area (Å²) >= 11 is 0. The Hall–Kier alpha value is -1.51. The molecule has 1 N–H and O–H groups in total. The van der Waals surface area contributed by atoms with Gasteiger partial charge in [0, 0.05) is 29.6 Å². The Bertz CT molecular complexity index is 1030. The van der Waals surface area contributed by atoms with E-state index in [1.54, 1.807) is 0 Å². The van der Waals surface area contributed by atoms with Crippen LogP contribution in [0.2, 0.25) is 0 Å². The minimum absolute atomic E-state index is 0.0188. The predicted octanol–water partition coefficient (Wildman–Crippen LogP) is 4.45. The fraction of sp³-hybridized carbons (Fsp3) is 0.906. The summed E-state index contributed by atoms with van der Waals surface area (Å²) in [5.41, 5.74) is -0.723. The number of aliphatic hydroxyl groups excluding tert-OH is 1. The average Bonchev–Trinajstić information content (AvgIpc) is 3.38. The molecule has 6 fully saturated rings. The highest BCUT2D eigenvalue weighted by atomic mass is 16.7. The predicted molar refractivity (Wildman–Crippen MR) is 145 cm³/mol. The van der Waals surface area contributed by atoms with Crippen molar-refractivity contribution in [3.8, 4) is 0 Å². The lowest BCUT2D eigenvalue weighted by Crippen LogP contribution is -2.64. The molecular weight excluding hydrogens is 512 g/mol. The monoisotopic (exact) mass is 560 g/mol. The Morgan fingerprint density at radius 1 is 1.02 bits per heavy atom. The molecule has 8 nitrogen and oxygen atoms in total. The zero-order valence-corrected chi connectivity index (χ0v) is 24.9. The highest BCUT2D eigenvalue weighted by molar-refractivity contribution is 5.88. The van der Waals surface area contributed by atoms with Crippen molar-refractivity contribution in [1.82, 2.24) is 0 Å². The lowest BCUT2D eigenvalue weighted by atomic mass is 9.43. The van der Waals surface area contributed by atoms with Crippen LogP contribution in [0.5, 0.6) is 0 Å². The minimum atomic E-state index is -0.998. The van der Waals surface area contributed by atoms with Crippen LogP contribution in [0.3, 0.4) is 0 Å². The van der Waals surface area contributed by atoms with Crippen LogP contribution in [-0.2, 0) is 33.3 Å². The summed E-state index contributed by atoms with van der Waals surface area (Å²) in [5, 5.41) is 11.9. The van der Waals surface area contributed by atoms with E-state index in [9.17, 15) is 19.5 Å². The molecule has 0 bridgehead atoms. The molecule has 6 aliphatic rings. The van der Waals surface area contributed by atoms with Crippen LogP contribution in [0.4, 0.5) is 0 Å². The largest absolute Gasteiger partial charge is 0.469 e. The molecule has 0 radical (unpaired) electrons. The van der Waals surface area contributed by atoms with Crippen molar-refractivity contribution in [2.24, 2.45) is 52.3 Å². The van der Waals surface area contributed by atoms with Gasteiger partial charge in [-0.2, -0.15) is 0 Å². The van der Waals surface area contributed by atoms with Crippen LogP contribution < -0.4 is 0 Å². The molecule has 40 heavy (non-hydrogen) atoms. The number of hydrogen-bond acceptors (Lipinski definition) is 8. The first-order valence-electron chi connectivity index (χ1n) is 15.7. The van der Waals surface area contributed by atoms with Crippen molar-refractivity contribution in [3.63, 3.8) is 0 Å². The van der Waals surface area contributed by atoms with E-state index in [2.05, 4.69) is 32.4 Å². The molecule has 3 unspecified atom stereocenters. The molecule has 0 aromatic rings. The number of carbonyl (C=O) groups excluding carboxylic acids is 3. The SMILES string of the molecule is COC(=O)CCC(=O)O[C@H]1CC[C@]2(C)C3C(=O)[C@@H](O)[C@]4(C)C5[C@H](C[C@H]4[C@@H]3CC[C@H]2C1)O[C@]1(CCC(C)CO1)[C@H]5C. The Kier molecular flexibility index (Phi) is 7.18. The highest BCUT2D eigenvalue weighted by Crippen LogP contribution is 2.70. The van der Waals surface area contributed by atoms with E-state index >= 15 is 0 Å². The third kappa shape index (κ3) is 4.13. The number of rotatable bonds is 4. The van der Waals surface area contributed by atoms with E-state index in [-0.39, 0.29) is 77.7 Å². The summed E-state index contributed by atoms with van der Waals surface area (Å²) in [7, 11) is 1.31. The molecule has 4 aliphatic carbocycles. The van der Waals surface area contributed by atoms with E-state index in [4.69, 9.17) is 14.2 Å². The number of Topliss-reactive ketones (excluding diaryl/α,β-unsaturated/α-hetero) is 1. The quantitative estimate of drug-likeness (QED) is 0.503. The first kappa shape index (κ1) is 28.6. The van der Waals surface area contributed by atoms with Gasteiger partial charge in [-0.15, -0.1) is 0 Å². The van der Waals surface area contributed by atoms with Gasteiger partial charge < -0.3 is 24.1 Å². The van der Waals surface area contributed by atoms with Gasteiger partial charge >= 0.3 is 11.9 Å². The van der Waals surface area contributed by atoms with Crippen LogP contribution in [0.25, 0.3) is 0 Å². The Morgan fingerprint density at radius 3 is 2.48 bits per heavy atom. The second kappa shape index (κ2) is 10.0. The van der Waals surface area contributed by atoms with Gasteiger partial charge in [-0.05, 0) is 74.0 Å². The summed E-state index contributed by atoms with van der Waals surface area (Å²) in [4.78, 5) is 38.0. The van der Waals surface area contributed by atoms with Gasteiger partial charge in [-0.25, -0.2) is 0 Å². The number of hydrogen-bond donors (Lipinski definition) is 1. The molecule has 0 aromatic carbocycles. The fourth-order valence-electron chi connectivity index (χ4n) is 10.7. The van der Waals surface area contributed by atoms with Crippen molar-refractivity contribution in [3.05, 3.63) is 0 Å². The number of ether oxygens (including phenoxy) is 4. The summed E-state index contributed by atoms with van der Waals surface area (Å²) in [6, 6.07) is 0. The summed E-state index contributed by atoms with van der Waals surface area (Å²) in [5.74, 6) is 0.00774. The normalized spacial score (nSPS) is 51.4. The van der Waals surface area contributed by atoms with Crippen LogP contribution in [0, 0.1) is 52.3 Å². The van der Waals surface area contributed by atoms with Crippen LogP contribution in [0.15, 0.2) is 0 Å². The van der Waals surface area contributed by atoms with E-state index in [1.165, 1.54) is 7.11 Å². The lowest BCUT2D eigenvalue weighted by molar-refractivity contribution is -0.273. The Balaban J connectivity index is 1.18. The maximum absolute atomic E-state index is 14.3. The maximum Gasteiger partial charge on any atom is 0.306 e. The van der Waals surface area contributed by atoms with E-state index in [0.717, 1.165) is 44.9 Å². The molecule has 6 rings (SSSR count). The first-order chi connectivity index (χ1) is 18.9. The number of fused-ring (bicyclic) bond motifs is 7. The van der Waals surface area contributed by atoms with Crippen molar-refractivity contribution in [2.45, 2.75) is 116 Å². The lowest BCUT2D eigenvalue weighted by Gasteiger charge is -2.61. The van der Waals surface area contributed by atoms with Crippen molar-refractivity contribution in [1.29, 1.82) is 0 Å². The van der Waals surface area contributed by atoms with Crippen molar-refractivity contribution >= 4 is 17.7 Å². The second-order valence-electron chi connectivity index (χ2n) is 14.6. The molecule has 224 valence electrons. The third-order valence-electron chi connectivity index (χ3n) is 12.8. The molecule has 8 heteroatoms. The Morgan fingerprint density at radius 2 is 1.77 bits per heavy atom. The van der Waals surface area contributed by atoms with E-state index in [1.807, 2.05) is 0 Å². The van der Waals surface area contributed by atoms with Crippen molar-refractivity contribution < 1.29 is 38.4 Å². The van der Waals surface area contributed by atoms with Crippen LogP contribution in [0.1, 0.15) is 91.9 Å². The fourth-order valence-corrected chi connectivity index (χ4v) is 10.7. The zero-order valence-electron chi connectivity index (χ0n) is 24.9. The van der Waals surface area contributed by atoms with Gasteiger partial charge in [-0.3, -0.25) is 14.4 Å². The summed E-state index contributed by atoms with van der Waals surface area (Å²) in [6.45, 7) is 9.57. The molecule has 1 spiro atoms. The molecule has 4 saturated carbocycles. The summed E-state index contributed by atoms with van der Waals surface area (Å²) < 4.78 is 23.6. The molecular formula is C32H48O8. The molecule has 2 aliphatic heterocycles. The highest BCUT2D eigenvalue weighted by Gasteiger charge is 2.73. The van der Waals surface area contributed by atoms with E-state index < -0.39 is 23.3 Å². The third-order valence-corrected chi connectivity index (χ3v) is 12.8. The summed E-state index contributed by atoms with van der Waals surface area (Å²) in [6.07, 6.45) is 5.92. The number of esters is 2. The van der Waals surface area contributed by atoms with Gasteiger partial charge in [0.1, 0.15) is 12.2 Å². The minimum Gasteiger partial charge on any atom is -0.469 e. The number of aliphatic hydroxyl groups is 1. The number of ketones is 1. The van der Waals surface area contributed by atoms with Gasteiger partial charge in [0.15, 0.2) is 11.6 Å². The standard InChI is InChI=1S/C32H48O8/c1-17-10-13-32(38-16-17)18(2)26-23(40-32)15-22-21-7-6-19-14-20(39-25(34)9-8-24(33)37-5)11-12-30(19,3)27(21)28(35)29(36)31(22,26)4/h17-23,26-27,29,36H,6-16H2,1-5H3/t17?,18-,19-,20-,21-,22-,23-,26?,27?,29+,30-,31-,32+/m0/s1. The molecule has 13 atom stereocenters. The van der Waals surface area contributed by atoms with Crippen LogP contribution >= 0.6 is 0 Å². The van der Waals surface area contributed by atoms with Gasteiger partial charge in [-0.1, -0.05) is 27.7 Å². The average molecular weight is 561 g/mol. The van der Waals surface area contributed by atoms with Gasteiger partial charge in [0.25, 0.3) is 0 Å². The number of carbonyl (C=O) groups is 3.